The SMILES string of the molecule is COc1ccc(NC(=O)CSc2ccc(NC(=O)/C(=C/c3ccccc3Cl)NC(=O)c3ccccc3)cc2)cc1Cl. The van der Waals surface area contributed by atoms with Crippen LogP contribution >= 0.6 is 35.0 Å². The number of halogens is 2. The molecule has 0 radical (unpaired) electrons. The second-order valence-electron chi connectivity index (χ2n) is 8.56. The fourth-order valence-electron chi connectivity index (χ4n) is 3.61. The maximum absolute atomic E-state index is 13.2. The number of carbonyl (C=O) groups excluding carboxylic acids is 3. The lowest BCUT2D eigenvalue weighted by molar-refractivity contribution is -0.114. The first-order valence-electron chi connectivity index (χ1n) is 12.3. The van der Waals surface area contributed by atoms with Gasteiger partial charge >= 0.3 is 0 Å². The molecule has 0 saturated heterocycles. The molecule has 0 aliphatic rings. The molecule has 3 N–H and O–H groups in total. The topological polar surface area (TPSA) is 96.5 Å². The highest BCUT2D eigenvalue weighted by Gasteiger charge is 2.16. The van der Waals surface area contributed by atoms with Gasteiger partial charge in [0.25, 0.3) is 11.8 Å². The Hall–Kier alpha value is -4.24. The summed E-state index contributed by atoms with van der Waals surface area (Å²) in [5, 5.41) is 9.13. The molecule has 0 spiro atoms. The van der Waals surface area contributed by atoms with Crippen LogP contribution in [0.4, 0.5) is 11.4 Å². The van der Waals surface area contributed by atoms with Gasteiger partial charge in [0.1, 0.15) is 11.4 Å². The van der Waals surface area contributed by atoms with Crippen LogP contribution in [0.1, 0.15) is 15.9 Å². The van der Waals surface area contributed by atoms with Crippen LogP contribution in [0.15, 0.2) is 108 Å². The maximum Gasteiger partial charge on any atom is 0.272 e. The van der Waals surface area contributed by atoms with Crippen LogP contribution in [0.5, 0.6) is 5.75 Å². The number of hydrogen-bond acceptors (Lipinski definition) is 5. The molecule has 7 nitrogen and oxygen atoms in total. The predicted molar refractivity (Wildman–Crippen MR) is 166 cm³/mol. The lowest BCUT2D eigenvalue weighted by atomic mass is 10.1. The van der Waals surface area contributed by atoms with E-state index in [1.807, 2.05) is 0 Å². The summed E-state index contributed by atoms with van der Waals surface area (Å²) >= 11 is 13.7. The molecule has 0 aliphatic carbocycles. The molecule has 4 rings (SSSR count). The van der Waals surface area contributed by atoms with E-state index in [0.717, 1.165) is 4.90 Å². The molecule has 41 heavy (non-hydrogen) atoms. The van der Waals surface area contributed by atoms with Crippen LogP contribution < -0.4 is 20.7 Å². The van der Waals surface area contributed by atoms with Crippen molar-refractivity contribution in [3.8, 4) is 5.75 Å². The van der Waals surface area contributed by atoms with Crippen LogP contribution in [0.2, 0.25) is 10.0 Å². The molecule has 0 unspecified atom stereocenters. The third-order valence-electron chi connectivity index (χ3n) is 5.65. The first-order valence-corrected chi connectivity index (χ1v) is 14.1. The normalized spacial score (nSPS) is 11.0. The Balaban J connectivity index is 1.39. The Morgan fingerprint density at radius 2 is 1.49 bits per heavy atom. The van der Waals surface area contributed by atoms with E-state index in [2.05, 4.69) is 16.0 Å². The average molecular weight is 607 g/mol. The average Bonchev–Trinajstić information content (AvgIpc) is 2.98. The quantitative estimate of drug-likeness (QED) is 0.132. The number of amides is 3. The fourth-order valence-corrected chi connectivity index (χ4v) is 4.76. The Labute approximate surface area is 251 Å². The number of methoxy groups -OCH3 is 1. The molecule has 4 aromatic rings. The van der Waals surface area contributed by atoms with Gasteiger partial charge in [-0.2, -0.15) is 0 Å². The largest absolute Gasteiger partial charge is 0.495 e. The summed E-state index contributed by atoms with van der Waals surface area (Å²) in [6.45, 7) is 0. The predicted octanol–water partition coefficient (Wildman–Crippen LogP) is 7.14. The third kappa shape index (κ3) is 8.62. The Bertz CT molecular complexity index is 1580. The molecule has 3 amide bonds. The Morgan fingerprint density at radius 1 is 0.805 bits per heavy atom. The lowest BCUT2D eigenvalue weighted by Crippen LogP contribution is -2.30. The Kier molecular flexibility index (Phi) is 10.5. The zero-order chi connectivity index (χ0) is 29.2. The minimum absolute atomic E-state index is 0.0284. The van der Waals surface area contributed by atoms with E-state index >= 15 is 0 Å². The van der Waals surface area contributed by atoms with Crippen molar-refractivity contribution in [1.82, 2.24) is 5.32 Å². The van der Waals surface area contributed by atoms with Crippen molar-refractivity contribution in [3.63, 3.8) is 0 Å². The highest BCUT2D eigenvalue weighted by atomic mass is 35.5. The first kappa shape index (κ1) is 29.7. The van der Waals surface area contributed by atoms with E-state index in [0.29, 0.717) is 38.3 Å². The van der Waals surface area contributed by atoms with Gasteiger partial charge in [0.05, 0.1) is 17.9 Å². The van der Waals surface area contributed by atoms with Crippen LogP contribution in [0, 0.1) is 0 Å². The monoisotopic (exact) mass is 605 g/mol. The van der Waals surface area contributed by atoms with E-state index < -0.39 is 11.8 Å². The number of thioether (sulfide) groups is 1. The van der Waals surface area contributed by atoms with Crippen molar-refractivity contribution in [1.29, 1.82) is 0 Å². The van der Waals surface area contributed by atoms with Crippen molar-refractivity contribution in [2.45, 2.75) is 4.90 Å². The van der Waals surface area contributed by atoms with Crippen molar-refractivity contribution in [3.05, 3.63) is 124 Å². The van der Waals surface area contributed by atoms with E-state index in [4.69, 9.17) is 27.9 Å². The summed E-state index contributed by atoms with van der Waals surface area (Å²) in [6.07, 6.45) is 1.53. The molecule has 10 heteroatoms. The number of hydrogen-bond donors (Lipinski definition) is 3. The molecule has 0 aliphatic heterocycles. The van der Waals surface area contributed by atoms with Crippen LogP contribution in [-0.4, -0.2) is 30.6 Å². The van der Waals surface area contributed by atoms with E-state index in [9.17, 15) is 14.4 Å². The van der Waals surface area contributed by atoms with E-state index in [1.54, 1.807) is 97.1 Å². The molecule has 208 valence electrons. The van der Waals surface area contributed by atoms with Gasteiger partial charge in [-0.1, -0.05) is 59.6 Å². The minimum atomic E-state index is -0.521. The highest BCUT2D eigenvalue weighted by molar-refractivity contribution is 8.00. The molecule has 0 heterocycles. The number of anilines is 2. The first-order chi connectivity index (χ1) is 19.8. The molecule has 0 fully saturated rings. The van der Waals surface area contributed by atoms with Crippen molar-refractivity contribution in [2.24, 2.45) is 0 Å². The van der Waals surface area contributed by atoms with E-state index in [-0.39, 0.29) is 17.4 Å². The smallest absolute Gasteiger partial charge is 0.272 e. The van der Waals surface area contributed by atoms with Gasteiger partial charge in [0.15, 0.2) is 0 Å². The second kappa shape index (κ2) is 14.4. The molecule has 0 aromatic heterocycles. The summed E-state index contributed by atoms with van der Waals surface area (Å²) in [5.74, 6) is -0.451. The van der Waals surface area contributed by atoms with Crippen LogP contribution in [0.3, 0.4) is 0 Å². The summed E-state index contributed by atoms with van der Waals surface area (Å²) in [4.78, 5) is 39.2. The highest BCUT2D eigenvalue weighted by Crippen LogP contribution is 2.28. The van der Waals surface area contributed by atoms with Crippen molar-refractivity contribution < 1.29 is 19.1 Å². The molecule has 0 bridgehead atoms. The zero-order valence-electron chi connectivity index (χ0n) is 21.8. The van der Waals surface area contributed by atoms with Gasteiger partial charge in [-0.15, -0.1) is 11.8 Å². The van der Waals surface area contributed by atoms with Gasteiger partial charge in [-0.05, 0) is 72.3 Å². The van der Waals surface area contributed by atoms with Crippen molar-refractivity contribution in [2.75, 3.05) is 23.5 Å². The number of rotatable bonds is 10. The lowest BCUT2D eigenvalue weighted by Gasteiger charge is -2.12. The standard InChI is InChI=1S/C31H25Cl2N3O4S/c1-40-28-16-13-23(18-26(28)33)34-29(37)19-41-24-14-11-22(12-15-24)35-31(39)27(17-21-9-5-6-10-25(21)32)36-30(38)20-7-3-2-4-8-20/h2-18H,19H2,1H3,(H,34,37)(H,35,39)(H,36,38)/b27-17-. The second-order valence-corrected chi connectivity index (χ2v) is 10.4. The molecular formula is C31H25Cl2N3O4S. The summed E-state index contributed by atoms with van der Waals surface area (Å²) in [6, 6.07) is 27.6. The molecular weight excluding hydrogens is 581 g/mol. The zero-order valence-corrected chi connectivity index (χ0v) is 24.1. The summed E-state index contributed by atoms with van der Waals surface area (Å²) in [7, 11) is 1.52. The molecule has 4 aromatic carbocycles. The summed E-state index contributed by atoms with van der Waals surface area (Å²) < 4.78 is 5.12. The Morgan fingerprint density at radius 3 is 2.17 bits per heavy atom. The fraction of sp³-hybridized carbons (Fsp3) is 0.0645. The maximum atomic E-state index is 13.2. The van der Waals surface area contributed by atoms with Crippen molar-refractivity contribution >= 4 is 70.1 Å². The van der Waals surface area contributed by atoms with Crippen LogP contribution in [0.25, 0.3) is 6.08 Å². The van der Waals surface area contributed by atoms with Gasteiger partial charge in [0, 0.05) is 26.9 Å². The third-order valence-corrected chi connectivity index (χ3v) is 7.30. The number of ether oxygens (including phenoxy) is 1. The van der Waals surface area contributed by atoms with Gasteiger partial charge in [0.2, 0.25) is 5.91 Å². The van der Waals surface area contributed by atoms with Gasteiger partial charge in [-0.3, -0.25) is 14.4 Å². The van der Waals surface area contributed by atoms with Gasteiger partial charge < -0.3 is 20.7 Å². The number of benzene rings is 4. The minimum Gasteiger partial charge on any atom is -0.495 e. The van der Waals surface area contributed by atoms with Crippen LogP contribution in [-0.2, 0) is 9.59 Å². The number of nitrogens with one attached hydrogen (secondary N) is 3. The molecule has 0 atom stereocenters. The number of carbonyl (C=O) groups is 3. The molecule has 0 saturated carbocycles. The van der Waals surface area contributed by atoms with E-state index in [1.165, 1.54) is 24.9 Å². The van der Waals surface area contributed by atoms with Gasteiger partial charge in [-0.25, -0.2) is 0 Å². The summed E-state index contributed by atoms with van der Waals surface area (Å²) in [5.41, 5.74) is 2.09.